The van der Waals surface area contributed by atoms with Crippen molar-refractivity contribution in [1.82, 2.24) is 5.32 Å². The average Bonchev–Trinajstić information content (AvgIpc) is 3.30. The highest BCUT2D eigenvalue weighted by molar-refractivity contribution is 9.10. The minimum absolute atomic E-state index is 0.176. The van der Waals surface area contributed by atoms with E-state index in [1.54, 1.807) is 0 Å². The van der Waals surface area contributed by atoms with E-state index >= 15 is 0 Å². The summed E-state index contributed by atoms with van der Waals surface area (Å²) < 4.78 is 6.51. The summed E-state index contributed by atoms with van der Waals surface area (Å²) in [6.45, 7) is 2.15. The zero-order valence-corrected chi connectivity index (χ0v) is 13.1. The first-order chi connectivity index (χ1) is 9.71. The first-order valence-corrected chi connectivity index (χ1v) is 8.12. The molecule has 3 nitrogen and oxygen atoms in total. The lowest BCUT2D eigenvalue weighted by atomic mass is 9.73. The smallest absolute Gasteiger partial charge is 0.230 e. The van der Waals surface area contributed by atoms with Gasteiger partial charge in [0, 0.05) is 24.2 Å². The van der Waals surface area contributed by atoms with Crippen molar-refractivity contribution in [2.45, 2.75) is 31.1 Å². The van der Waals surface area contributed by atoms with E-state index in [0.29, 0.717) is 19.1 Å². The van der Waals surface area contributed by atoms with Crippen LogP contribution in [0.5, 0.6) is 0 Å². The van der Waals surface area contributed by atoms with Crippen LogP contribution in [0.2, 0.25) is 0 Å². The SMILES string of the molecule is O=C(NCC1CC1)C1(c2ccc(Br)cc2)CCOCC1. The maximum absolute atomic E-state index is 12.8. The zero-order chi connectivity index (χ0) is 14.0. The second-order valence-corrected chi connectivity index (χ2v) is 6.77. The van der Waals surface area contributed by atoms with Gasteiger partial charge in [0.05, 0.1) is 5.41 Å². The van der Waals surface area contributed by atoms with Crippen LogP contribution in [0.3, 0.4) is 0 Å². The topological polar surface area (TPSA) is 38.3 Å². The van der Waals surface area contributed by atoms with Crippen LogP contribution < -0.4 is 5.32 Å². The van der Waals surface area contributed by atoms with Gasteiger partial charge in [0.15, 0.2) is 0 Å². The normalized spacial score (nSPS) is 21.4. The molecule has 20 heavy (non-hydrogen) atoms. The van der Waals surface area contributed by atoms with E-state index < -0.39 is 5.41 Å². The van der Waals surface area contributed by atoms with Crippen molar-refractivity contribution < 1.29 is 9.53 Å². The van der Waals surface area contributed by atoms with Crippen molar-refractivity contribution in [2.75, 3.05) is 19.8 Å². The predicted octanol–water partition coefficient (Wildman–Crippen LogP) is 3.02. The number of hydrogen-bond donors (Lipinski definition) is 1. The first-order valence-electron chi connectivity index (χ1n) is 7.33. The van der Waals surface area contributed by atoms with Crippen LogP contribution in [-0.4, -0.2) is 25.7 Å². The molecule has 0 unspecified atom stereocenters. The van der Waals surface area contributed by atoms with Gasteiger partial charge in [-0.05, 0) is 49.3 Å². The molecular weight excluding hydrogens is 318 g/mol. The molecule has 1 heterocycles. The predicted molar refractivity (Wildman–Crippen MR) is 81.6 cm³/mol. The number of hydrogen-bond acceptors (Lipinski definition) is 2. The fourth-order valence-electron chi connectivity index (χ4n) is 2.86. The third-order valence-electron chi connectivity index (χ3n) is 4.43. The Morgan fingerprint density at radius 2 is 1.90 bits per heavy atom. The highest BCUT2D eigenvalue weighted by atomic mass is 79.9. The molecule has 1 N–H and O–H groups in total. The lowest BCUT2D eigenvalue weighted by Crippen LogP contribution is -2.48. The molecule has 2 fully saturated rings. The van der Waals surface area contributed by atoms with Crippen molar-refractivity contribution in [1.29, 1.82) is 0 Å². The summed E-state index contributed by atoms with van der Waals surface area (Å²) in [5.74, 6) is 0.885. The first kappa shape index (κ1) is 14.1. The molecule has 0 atom stereocenters. The van der Waals surface area contributed by atoms with Crippen molar-refractivity contribution in [2.24, 2.45) is 5.92 Å². The van der Waals surface area contributed by atoms with E-state index in [1.165, 1.54) is 12.8 Å². The van der Waals surface area contributed by atoms with Gasteiger partial charge in [-0.1, -0.05) is 28.1 Å². The Kier molecular flexibility index (Phi) is 4.13. The average molecular weight is 338 g/mol. The Morgan fingerprint density at radius 3 is 2.50 bits per heavy atom. The summed E-state index contributed by atoms with van der Waals surface area (Å²) in [5, 5.41) is 3.16. The number of amides is 1. The summed E-state index contributed by atoms with van der Waals surface area (Å²) in [6.07, 6.45) is 4.06. The van der Waals surface area contributed by atoms with E-state index in [9.17, 15) is 4.79 Å². The third kappa shape index (κ3) is 2.91. The Hall–Kier alpha value is -0.870. The van der Waals surface area contributed by atoms with Gasteiger partial charge < -0.3 is 10.1 Å². The fraction of sp³-hybridized carbons (Fsp3) is 0.562. The van der Waals surface area contributed by atoms with Gasteiger partial charge in [-0.2, -0.15) is 0 Å². The Morgan fingerprint density at radius 1 is 1.25 bits per heavy atom. The number of carbonyl (C=O) groups excluding carboxylic acids is 1. The van der Waals surface area contributed by atoms with Crippen LogP contribution in [0.15, 0.2) is 28.7 Å². The van der Waals surface area contributed by atoms with Gasteiger partial charge in [0.1, 0.15) is 0 Å². The second-order valence-electron chi connectivity index (χ2n) is 5.85. The quantitative estimate of drug-likeness (QED) is 0.917. The van der Waals surface area contributed by atoms with E-state index in [4.69, 9.17) is 4.74 Å². The molecule has 1 saturated carbocycles. The molecule has 1 saturated heterocycles. The molecule has 108 valence electrons. The number of benzene rings is 1. The van der Waals surface area contributed by atoms with Gasteiger partial charge in [0.2, 0.25) is 5.91 Å². The summed E-state index contributed by atoms with van der Waals surface area (Å²) >= 11 is 3.46. The van der Waals surface area contributed by atoms with Crippen LogP contribution >= 0.6 is 15.9 Å². The molecule has 1 aromatic carbocycles. The third-order valence-corrected chi connectivity index (χ3v) is 4.95. The standard InChI is InChI=1S/C16H20BrNO2/c17-14-5-3-13(4-6-14)16(7-9-20-10-8-16)15(19)18-11-12-1-2-12/h3-6,12H,1-2,7-11H2,(H,18,19). The van der Waals surface area contributed by atoms with Gasteiger partial charge >= 0.3 is 0 Å². The molecule has 0 radical (unpaired) electrons. The lowest BCUT2D eigenvalue weighted by molar-refractivity contribution is -0.130. The molecule has 0 aromatic heterocycles. The van der Waals surface area contributed by atoms with Crippen LogP contribution in [0.4, 0.5) is 0 Å². The van der Waals surface area contributed by atoms with Gasteiger partial charge in [-0.15, -0.1) is 0 Å². The summed E-state index contributed by atoms with van der Waals surface area (Å²) in [6, 6.07) is 8.15. The van der Waals surface area contributed by atoms with Crippen molar-refractivity contribution >= 4 is 21.8 Å². The summed E-state index contributed by atoms with van der Waals surface area (Å²) in [7, 11) is 0. The Balaban J connectivity index is 1.82. The van der Waals surface area contributed by atoms with E-state index in [1.807, 2.05) is 12.1 Å². The molecule has 0 spiro atoms. The summed E-state index contributed by atoms with van der Waals surface area (Å²) in [4.78, 5) is 12.8. The molecule has 1 amide bonds. The highest BCUT2D eigenvalue weighted by Gasteiger charge is 2.42. The number of carbonyl (C=O) groups is 1. The molecule has 4 heteroatoms. The molecule has 3 rings (SSSR count). The van der Waals surface area contributed by atoms with E-state index in [0.717, 1.165) is 29.4 Å². The number of halogens is 1. The molecule has 1 aromatic rings. The minimum Gasteiger partial charge on any atom is -0.381 e. The van der Waals surface area contributed by atoms with Gasteiger partial charge in [-0.25, -0.2) is 0 Å². The maximum atomic E-state index is 12.8. The van der Waals surface area contributed by atoms with E-state index in [-0.39, 0.29) is 5.91 Å². The number of ether oxygens (including phenoxy) is 1. The molecule has 2 aliphatic rings. The molecule has 1 aliphatic heterocycles. The van der Waals surface area contributed by atoms with Crippen LogP contribution in [0, 0.1) is 5.92 Å². The minimum atomic E-state index is -0.409. The fourth-order valence-corrected chi connectivity index (χ4v) is 3.13. The van der Waals surface area contributed by atoms with Crippen LogP contribution in [0.25, 0.3) is 0 Å². The monoisotopic (exact) mass is 337 g/mol. The number of nitrogens with one attached hydrogen (secondary N) is 1. The summed E-state index contributed by atoms with van der Waals surface area (Å²) in [5.41, 5.74) is 0.700. The zero-order valence-electron chi connectivity index (χ0n) is 11.5. The Bertz CT molecular complexity index is 476. The highest BCUT2D eigenvalue weighted by Crippen LogP contribution is 2.36. The van der Waals surface area contributed by atoms with Gasteiger partial charge in [-0.3, -0.25) is 4.79 Å². The lowest BCUT2D eigenvalue weighted by Gasteiger charge is -2.36. The van der Waals surface area contributed by atoms with Crippen LogP contribution in [0.1, 0.15) is 31.2 Å². The second kappa shape index (κ2) is 5.86. The number of rotatable bonds is 4. The molecular formula is C16H20BrNO2. The largest absolute Gasteiger partial charge is 0.381 e. The molecule has 1 aliphatic carbocycles. The van der Waals surface area contributed by atoms with E-state index in [2.05, 4.69) is 33.4 Å². The van der Waals surface area contributed by atoms with Crippen molar-refractivity contribution in [3.63, 3.8) is 0 Å². The van der Waals surface area contributed by atoms with Crippen LogP contribution in [-0.2, 0) is 14.9 Å². The Labute approximate surface area is 128 Å². The maximum Gasteiger partial charge on any atom is 0.230 e. The van der Waals surface area contributed by atoms with Crippen molar-refractivity contribution in [3.8, 4) is 0 Å². The van der Waals surface area contributed by atoms with Gasteiger partial charge in [0.25, 0.3) is 0 Å². The molecule has 0 bridgehead atoms. The van der Waals surface area contributed by atoms with Crippen molar-refractivity contribution in [3.05, 3.63) is 34.3 Å².